The minimum atomic E-state index is -0.283. The monoisotopic (exact) mass is 398 g/mol. The van der Waals surface area contributed by atoms with Crippen molar-refractivity contribution >= 4 is 17.2 Å². The van der Waals surface area contributed by atoms with E-state index in [0.29, 0.717) is 0 Å². The molecule has 1 aliphatic heterocycles. The van der Waals surface area contributed by atoms with Crippen LogP contribution in [0.1, 0.15) is 13.8 Å². The number of carbonyl (C=O) groups excluding carboxylic acids is 1. The fourth-order valence-corrected chi connectivity index (χ4v) is 3.93. The maximum absolute atomic E-state index is 12.4. The maximum atomic E-state index is 12.4. The van der Waals surface area contributed by atoms with Gasteiger partial charge in [0, 0.05) is 29.6 Å². The third-order valence-electron chi connectivity index (χ3n) is 5.63. The van der Waals surface area contributed by atoms with E-state index in [2.05, 4.69) is 10.1 Å². The van der Waals surface area contributed by atoms with Gasteiger partial charge in [-0.25, -0.2) is 9.50 Å². The Bertz CT molecular complexity index is 1260. The van der Waals surface area contributed by atoms with Gasteiger partial charge in [0.2, 0.25) is 5.91 Å². The Balaban J connectivity index is 1.55. The minimum Gasteiger partial charge on any atom is -0.497 e. The number of carbonyl (C=O) groups is 1. The Morgan fingerprint density at radius 2 is 1.83 bits per heavy atom. The average Bonchev–Trinajstić information content (AvgIpc) is 3.22. The van der Waals surface area contributed by atoms with Crippen LogP contribution in [-0.4, -0.2) is 34.2 Å². The number of aromatic nitrogens is 3. The van der Waals surface area contributed by atoms with Gasteiger partial charge in [-0.05, 0) is 49.7 Å². The molecule has 1 fully saturated rings. The van der Waals surface area contributed by atoms with E-state index in [-0.39, 0.29) is 11.3 Å². The second-order valence-corrected chi connectivity index (χ2v) is 8.18. The van der Waals surface area contributed by atoms with Crippen molar-refractivity contribution in [3.05, 3.63) is 67.0 Å². The van der Waals surface area contributed by atoms with Gasteiger partial charge in [-0.15, -0.1) is 0 Å². The highest BCUT2D eigenvalue weighted by molar-refractivity contribution is 6.04. The van der Waals surface area contributed by atoms with E-state index in [4.69, 9.17) is 4.74 Å². The van der Waals surface area contributed by atoms with Crippen LogP contribution >= 0.6 is 0 Å². The first-order valence-electron chi connectivity index (χ1n) is 9.87. The number of benzene rings is 2. The molecule has 1 amide bonds. The van der Waals surface area contributed by atoms with Gasteiger partial charge in [0.05, 0.1) is 24.4 Å². The summed E-state index contributed by atoms with van der Waals surface area (Å²) in [6.07, 6.45) is 3.63. The lowest BCUT2D eigenvalue weighted by molar-refractivity contribution is -0.132. The van der Waals surface area contributed by atoms with E-state index in [0.717, 1.165) is 46.0 Å². The Labute approximate surface area is 174 Å². The highest BCUT2D eigenvalue weighted by atomic mass is 16.5. The summed E-state index contributed by atoms with van der Waals surface area (Å²) < 4.78 is 7.10. The van der Waals surface area contributed by atoms with Gasteiger partial charge in [0.15, 0.2) is 5.65 Å². The van der Waals surface area contributed by atoms with E-state index in [1.54, 1.807) is 13.3 Å². The number of β-lactam (4-membered cyclic amide) rings is 1. The van der Waals surface area contributed by atoms with Gasteiger partial charge in [-0.1, -0.05) is 24.3 Å². The zero-order chi connectivity index (χ0) is 20.9. The lowest BCUT2D eigenvalue weighted by Crippen LogP contribution is -2.58. The number of methoxy groups -OCH3 is 1. The first-order chi connectivity index (χ1) is 14.5. The zero-order valence-corrected chi connectivity index (χ0v) is 17.2. The molecule has 4 aromatic rings. The Kier molecular flexibility index (Phi) is 4.10. The van der Waals surface area contributed by atoms with Crippen molar-refractivity contribution in [1.29, 1.82) is 0 Å². The van der Waals surface area contributed by atoms with Crippen LogP contribution in [0.15, 0.2) is 67.0 Å². The lowest BCUT2D eigenvalue weighted by Gasteiger charge is -2.44. The summed E-state index contributed by atoms with van der Waals surface area (Å²) in [4.78, 5) is 18.8. The summed E-state index contributed by atoms with van der Waals surface area (Å²) in [5, 5.41) is 4.60. The van der Waals surface area contributed by atoms with Crippen LogP contribution in [0, 0.1) is 5.41 Å². The van der Waals surface area contributed by atoms with Crippen molar-refractivity contribution in [2.45, 2.75) is 13.8 Å². The third-order valence-corrected chi connectivity index (χ3v) is 5.63. The number of hydrogen-bond acceptors (Lipinski definition) is 4. The molecule has 2 aromatic heterocycles. The van der Waals surface area contributed by atoms with Gasteiger partial charge in [0.1, 0.15) is 5.75 Å². The van der Waals surface area contributed by atoms with Crippen LogP contribution < -0.4 is 9.64 Å². The predicted molar refractivity (Wildman–Crippen MR) is 117 cm³/mol. The molecule has 0 atom stereocenters. The molecule has 0 unspecified atom stereocenters. The molecule has 6 nitrogen and oxygen atoms in total. The fraction of sp³-hybridized carbons (Fsp3) is 0.208. The van der Waals surface area contributed by atoms with Crippen LogP contribution in [0.3, 0.4) is 0 Å². The molecule has 150 valence electrons. The number of fused-ring (bicyclic) bond motifs is 1. The molecule has 0 spiro atoms. The molecule has 1 aliphatic rings. The number of nitrogens with zero attached hydrogens (tertiary/aromatic N) is 4. The van der Waals surface area contributed by atoms with Gasteiger partial charge < -0.3 is 9.64 Å². The van der Waals surface area contributed by atoms with E-state index in [1.165, 1.54) is 0 Å². The van der Waals surface area contributed by atoms with Crippen molar-refractivity contribution in [3.63, 3.8) is 0 Å². The van der Waals surface area contributed by atoms with Crippen molar-refractivity contribution in [2.75, 3.05) is 18.6 Å². The number of rotatable bonds is 4. The van der Waals surface area contributed by atoms with Crippen LogP contribution in [0.4, 0.5) is 5.69 Å². The first kappa shape index (κ1) is 18.4. The molecule has 3 heterocycles. The Morgan fingerprint density at radius 3 is 2.53 bits per heavy atom. The zero-order valence-electron chi connectivity index (χ0n) is 17.2. The van der Waals surface area contributed by atoms with Gasteiger partial charge >= 0.3 is 0 Å². The molecule has 6 heteroatoms. The molecule has 1 saturated heterocycles. The number of hydrogen-bond donors (Lipinski definition) is 0. The summed E-state index contributed by atoms with van der Waals surface area (Å²) in [6.45, 7) is 4.68. The van der Waals surface area contributed by atoms with Gasteiger partial charge in [0.25, 0.3) is 0 Å². The summed E-state index contributed by atoms with van der Waals surface area (Å²) in [6, 6.07) is 17.8. The van der Waals surface area contributed by atoms with Crippen molar-refractivity contribution in [1.82, 2.24) is 14.6 Å². The van der Waals surface area contributed by atoms with Gasteiger partial charge in [-0.3, -0.25) is 4.79 Å². The van der Waals surface area contributed by atoms with Crippen molar-refractivity contribution in [2.24, 2.45) is 5.41 Å². The second kappa shape index (κ2) is 6.69. The van der Waals surface area contributed by atoms with Gasteiger partial charge in [-0.2, -0.15) is 5.10 Å². The highest BCUT2D eigenvalue weighted by Crippen LogP contribution is 2.37. The van der Waals surface area contributed by atoms with Crippen LogP contribution in [-0.2, 0) is 4.79 Å². The van der Waals surface area contributed by atoms with Crippen molar-refractivity contribution < 1.29 is 9.53 Å². The van der Waals surface area contributed by atoms with E-state index in [1.807, 2.05) is 84.1 Å². The molecular formula is C24H22N4O2. The average molecular weight is 398 g/mol. The number of anilines is 1. The Morgan fingerprint density at radius 1 is 1.03 bits per heavy atom. The van der Waals surface area contributed by atoms with Crippen LogP contribution in [0.5, 0.6) is 5.75 Å². The smallest absolute Gasteiger partial charge is 0.234 e. The summed E-state index contributed by atoms with van der Waals surface area (Å²) >= 11 is 0. The minimum absolute atomic E-state index is 0.153. The Hall–Kier alpha value is -3.67. The molecule has 5 rings (SSSR count). The third kappa shape index (κ3) is 2.84. The quantitative estimate of drug-likeness (QED) is 0.477. The predicted octanol–water partition coefficient (Wildman–Crippen LogP) is 4.44. The summed E-state index contributed by atoms with van der Waals surface area (Å²) in [7, 11) is 1.65. The first-order valence-corrected chi connectivity index (χ1v) is 9.87. The molecule has 30 heavy (non-hydrogen) atoms. The number of ether oxygens (including phenoxy) is 1. The fourth-order valence-electron chi connectivity index (χ4n) is 3.93. The summed E-state index contributed by atoms with van der Waals surface area (Å²) in [5.74, 6) is 0.963. The molecule has 0 bridgehead atoms. The molecule has 0 aliphatic carbocycles. The molecule has 2 aromatic carbocycles. The summed E-state index contributed by atoms with van der Waals surface area (Å²) in [5.41, 5.74) is 5.30. The normalized spacial score (nSPS) is 15.3. The van der Waals surface area contributed by atoms with Crippen LogP contribution in [0.25, 0.3) is 28.0 Å². The van der Waals surface area contributed by atoms with E-state index < -0.39 is 0 Å². The van der Waals surface area contributed by atoms with E-state index >= 15 is 0 Å². The van der Waals surface area contributed by atoms with Crippen LogP contribution in [0.2, 0.25) is 0 Å². The molecular weight excluding hydrogens is 376 g/mol. The standard InChI is InChI=1S/C24H22N4O2/c1-24(2)15-27(23(24)29)18-6-4-5-17(13-18)21-11-12-25-22-20(14-26-28(21)22)16-7-9-19(30-3)10-8-16/h4-14H,15H2,1-3H3. The maximum Gasteiger partial charge on any atom is 0.234 e. The lowest BCUT2D eigenvalue weighted by atomic mass is 9.82. The molecule has 0 radical (unpaired) electrons. The SMILES string of the molecule is COc1ccc(-c2cnn3c(-c4cccc(N5CC(C)(C)C5=O)c4)ccnc23)cc1. The highest BCUT2D eigenvalue weighted by Gasteiger charge is 2.44. The largest absolute Gasteiger partial charge is 0.497 e. The second-order valence-electron chi connectivity index (χ2n) is 8.18. The van der Waals surface area contributed by atoms with E-state index in [9.17, 15) is 4.79 Å². The molecule has 0 N–H and O–H groups in total. The van der Waals surface area contributed by atoms with Crippen molar-refractivity contribution in [3.8, 4) is 28.1 Å². The topological polar surface area (TPSA) is 59.7 Å². The molecule has 0 saturated carbocycles. The number of amides is 1.